The zero-order valence-electron chi connectivity index (χ0n) is 19.3. The highest BCUT2D eigenvalue weighted by Gasteiger charge is 2.27. The molecular weight excluding hydrogens is 535 g/mol. The van der Waals surface area contributed by atoms with Crippen molar-refractivity contribution in [3.8, 4) is 0 Å². The van der Waals surface area contributed by atoms with E-state index in [4.69, 9.17) is 9.47 Å². The molecule has 2 aliphatic heterocycles. The van der Waals surface area contributed by atoms with Gasteiger partial charge in [-0.15, -0.1) is 35.3 Å². The van der Waals surface area contributed by atoms with Crippen LogP contribution < -0.4 is 5.32 Å². The zero-order chi connectivity index (χ0) is 21.6. The molecule has 3 heterocycles. The van der Waals surface area contributed by atoms with E-state index < -0.39 is 0 Å². The first-order valence-electron chi connectivity index (χ1n) is 11.1. The summed E-state index contributed by atoms with van der Waals surface area (Å²) in [4.78, 5) is 10.9. The quantitative estimate of drug-likeness (QED) is 0.335. The van der Waals surface area contributed by atoms with Crippen LogP contribution in [0.4, 0.5) is 0 Å². The lowest BCUT2D eigenvalue weighted by Crippen LogP contribution is -2.50. The first kappa shape index (κ1) is 25.4. The predicted molar refractivity (Wildman–Crippen MR) is 142 cm³/mol. The summed E-state index contributed by atoms with van der Waals surface area (Å²) in [7, 11) is 1.87. The molecule has 4 rings (SSSR count). The van der Waals surface area contributed by atoms with Crippen LogP contribution in [0.1, 0.15) is 33.7 Å². The van der Waals surface area contributed by atoms with Gasteiger partial charge in [0.2, 0.25) is 0 Å². The van der Waals surface area contributed by atoms with Crippen molar-refractivity contribution in [3.63, 3.8) is 0 Å². The standard InChI is InChI=1S/C24H34N4O2S.HI/c1-18-6-7-20(19(2)15-18)22-17-28(10-13-30-22)24(25-3)26-16-21(23-5-4-14-31-23)27-8-11-29-12-9-27;/h4-7,14-15,21-22H,8-13,16-17H2,1-3H3,(H,25,26);1H. The topological polar surface area (TPSA) is 49.3 Å². The summed E-state index contributed by atoms with van der Waals surface area (Å²) in [6.45, 7) is 11.0. The minimum Gasteiger partial charge on any atom is -0.379 e. The first-order valence-corrected chi connectivity index (χ1v) is 12.0. The lowest BCUT2D eigenvalue weighted by atomic mass is 10.00. The summed E-state index contributed by atoms with van der Waals surface area (Å²) < 4.78 is 11.7. The number of morpholine rings is 2. The number of rotatable bonds is 5. The highest BCUT2D eigenvalue weighted by atomic mass is 127. The van der Waals surface area contributed by atoms with Crippen LogP contribution in [0, 0.1) is 13.8 Å². The Morgan fingerprint density at radius 1 is 1.19 bits per heavy atom. The minimum absolute atomic E-state index is 0. The smallest absolute Gasteiger partial charge is 0.193 e. The number of nitrogens with zero attached hydrogens (tertiary/aromatic N) is 3. The number of thiophene rings is 1. The molecule has 1 aromatic heterocycles. The summed E-state index contributed by atoms with van der Waals surface area (Å²) >= 11 is 1.82. The molecule has 0 saturated carbocycles. The second kappa shape index (κ2) is 12.3. The van der Waals surface area contributed by atoms with E-state index in [9.17, 15) is 0 Å². The molecule has 2 atom stereocenters. The van der Waals surface area contributed by atoms with E-state index in [0.29, 0.717) is 12.6 Å². The molecular formula is C24H35IN4O2S. The van der Waals surface area contributed by atoms with Crippen molar-refractivity contribution in [1.82, 2.24) is 15.1 Å². The van der Waals surface area contributed by atoms with Gasteiger partial charge in [0.15, 0.2) is 5.96 Å². The number of hydrogen-bond donors (Lipinski definition) is 1. The minimum atomic E-state index is 0. The van der Waals surface area contributed by atoms with Gasteiger partial charge in [-0.05, 0) is 36.4 Å². The Hall–Kier alpha value is -1.20. The highest BCUT2D eigenvalue weighted by Crippen LogP contribution is 2.27. The molecule has 1 aromatic carbocycles. The van der Waals surface area contributed by atoms with Gasteiger partial charge in [-0.1, -0.05) is 29.8 Å². The van der Waals surface area contributed by atoms with Crippen LogP contribution in [0.5, 0.6) is 0 Å². The van der Waals surface area contributed by atoms with Crippen molar-refractivity contribution in [3.05, 3.63) is 57.3 Å². The first-order chi connectivity index (χ1) is 15.2. The Labute approximate surface area is 213 Å². The molecule has 0 amide bonds. The number of halogens is 1. The van der Waals surface area contributed by atoms with Gasteiger partial charge in [0.1, 0.15) is 6.10 Å². The number of aryl methyl sites for hydroxylation is 2. The molecule has 2 aromatic rings. The fourth-order valence-corrected chi connectivity index (χ4v) is 5.38. The van der Waals surface area contributed by atoms with Crippen LogP contribution >= 0.6 is 35.3 Å². The maximum Gasteiger partial charge on any atom is 0.193 e. The van der Waals surface area contributed by atoms with Crippen LogP contribution in [-0.4, -0.2) is 75.4 Å². The lowest BCUT2D eigenvalue weighted by molar-refractivity contribution is -0.00880. The van der Waals surface area contributed by atoms with E-state index in [0.717, 1.165) is 51.9 Å². The number of ether oxygens (including phenoxy) is 2. The van der Waals surface area contributed by atoms with Gasteiger partial charge in [-0.3, -0.25) is 9.89 Å². The van der Waals surface area contributed by atoms with E-state index in [1.807, 2.05) is 18.4 Å². The number of guanidine groups is 1. The van der Waals surface area contributed by atoms with E-state index in [-0.39, 0.29) is 30.1 Å². The molecule has 2 aliphatic rings. The molecule has 2 saturated heterocycles. The summed E-state index contributed by atoms with van der Waals surface area (Å²) in [5.74, 6) is 0.952. The highest BCUT2D eigenvalue weighted by molar-refractivity contribution is 14.0. The fourth-order valence-electron chi connectivity index (χ4n) is 4.52. The molecule has 6 nitrogen and oxygen atoms in total. The summed E-state index contributed by atoms with van der Waals surface area (Å²) in [6, 6.07) is 11.3. The van der Waals surface area contributed by atoms with Crippen LogP contribution in [0.2, 0.25) is 0 Å². The summed E-state index contributed by atoms with van der Waals surface area (Å²) in [5.41, 5.74) is 3.85. The van der Waals surface area contributed by atoms with Crippen molar-refractivity contribution in [1.29, 1.82) is 0 Å². The van der Waals surface area contributed by atoms with E-state index >= 15 is 0 Å². The average Bonchev–Trinajstić information content (AvgIpc) is 3.32. The third kappa shape index (κ3) is 6.22. The maximum absolute atomic E-state index is 6.14. The number of hydrogen-bond acceptors (Lipinski definition) is 5. The van der Waals surface area contributed by atoms with Crippen LogP contribution in [-0.2, 0) is 9.47 Å². The zero-order valence-corrected chi connectivity index (χ0v) is 22.4. The molecule has 0 spiro atoms. The number of benzene rings is 1. The Morgan fingerprint density at radius 2 is 2.00 bits per heavy atom. The monoisotopic (exact) mass is 570 g/mol. The average molecular weight is 571 g/mol. The van der Waals surface area contributed by atoms with Gasteiger partial charge in [0.05, 0.1) is 32.4 Å². The number of nitrogens with one attached hydrogen (secondary N) is 1. The van der Waals surface area contributed by atoms with Gasteiger partial charge >= 0.3 is 0 Å². The number of aliphatic imine (C=N–C) groups is 1. The van der Waals surface area contributed by atoms with Crippen molar-refractivity contribution in [2.45, 2.75) is 26.0 Å². The second-order valence-electron chi connectivity index (χ2n) is 8.27. The molecule has 2 unspecified atom stereocenters. The van der Waals surface area contributed by atoms with Gasteiger partial charge in [0.25, 0.3) is 0 Å². The van der Waals surface area contributed by atoms with E-state index in [1.54, 1.807) is 0 Å². The third-order valence-corrected chi connectivity index (χ3v) is 7.14. The molecule has 8 heteroatoms. The molecule has 1 N–H and O–H groups in total. The lowest BCUT2D eigenvalue weighted by Gasteiger charge is -2.38. The molecule has 2 fully saturated rings. The van der Waals surface area contributed by atoms with Gasteiger partial charge in [-0.25, -0.2) is 0 Å². The van der Waals surface area contributed by atoms with Crippen molar-refractivity contribution >= 4 is 41.3 Å². The Kier molecular flexibility index (Phi) is 9.78. The molecule has 32 heavy (non-hydrogen) atoms. The van der Waals surface area contributed by atoms with Gasteiger partial charge < -0.3 is 19.7 Å². The van der Waals surface area contributed by atoms with Crippen LogP contribution in [0.3, 0.4) is 0 Å². The van der Waals surface area contributed by atoms with Crippen LogP contribution in [0.15, 0.2) is 40.7 Å². The summed E-state index contributed by atoms with van der Waals surface area (Å²) in [6.07, 6.45) is 0.0697. The SMILES string of the molecule is CN=C(NCC(c1cccs1)N1CCOCC1)N1CCOC(c2ccc(C)cc2C)C1.I. The van der Waals surface area contributed by atoms with Crippen molar-refractivity contribution in [2.24, 2.45) is 4.99 Å². The van der Waals surface area contributed by atoms with E-state index in [1.165, 1.54) is 21.6 Å². The third-order valence-electron chi connectivity index (χ3n) is 6.16. The van der Waals surface area contributed by atoms with E-state index in [2.05, 4.69) is 69.7 Å². The molecule has 176 valence electrons. The Balaban J connectivity index is 0.00000289. The van der Waals surface area contributed by atoms with Crippen LogP contribution in [0.25, 0.3) is 0 Å². The predicted octanol–water partition coefficient (Wildman–Crippen LogP) is 4.01. The maximum atomic E-state index is 6.14. The molecule has 0 radical (unpaired) electrons. The van der Waals surface area contributed by atoms with Gasteiger partial charge in [0, 0.05) is 38.1 Å². The normalized spacial score (nSPS) is 21.2. The Morgan fingerprint density at radius 3 is 2.69 bits per heavy atom. The summed E-state index contributed by atoms with van der Waals surface area (Å²) in [5, 5.41) is 5.83. The fraction of sp³-hybridized carbons (Fsp3) is 0.542. The molecule has 0 bridgehead atoms. The van der Waals surface area contributed by atoms with Crippen molar-refractivity contribution < 1.29 is 9.47 Å². The van der Waals surface area contributed by atoms with Crippen molar-refractivity contribution in [2.75, 3.05) is 59.6 Å². The Bertz CT molecular complexity index is 871. The second-order valence-corrected chi connectivity index (χ2v) is 9.25. The largest absolute Gasteiger partial charge is 0.379 e. The molecule has 0 aliphatic carbocycles. The van der Waals surface area contributed by atoms with Gasteiger partial charge in [-0.2, -0.15) is 0 Å².